The molecule has 2 N–H and O–H groups in total. The van der Waals surface area contributed by atoms with Crippen LogP contribution in [0.25, 0.3) is 0 Å². The summed E-state index contributed by atoms with van der Waals surface area (Å²) in [5.74, 6) is 2.07. The van der Waals surface area contributed by atoms with E-state index in [1.807, 2.05) is 0 Å². The number of hydrogen-bond acceptors (Lipinski definition) is 7. The lowest BCUT2D eigenvalue weighted by molar-refractivity contribution is -0.108. The second kappa shape index (κ2) is 8.82. The third-order valence-electron chi connectivity index (χ3n) is 9.66. The van der Waals surface area contributed by atoms with Crippen LogP contribution in [0.15, 0.2) is 10.6 Å². The minimum Gasteiger partial charge on any atom is -0.396 e. The first-order chi connectivity index (χ1) is 16.8. The molecule has 0 bridgehead atoms. The van der Waals surface area contributed by atoms with Crippen molar-refractivity contribution in [3.8, 4) is 0 Å². The van der Waals surface area contributed by atoms with Crippen LogP contribution in [0, 0.1) is 17.8 Å². The number of rotatable bonds is 9. The van der Waals surface area contributed by atoms with Gasteiger partial charge >= 0.3 is 0 Å². The van der Waals surface area contributed by atoms with Crippen molar-refractivity contribution in [1.82, 2.24) is 19.7 Å². The Kier molecular flexibility index (Phi) is 6.02. The highest BCUT2D eigenvalue weighted by Gasteiger charge is 2.73. The molecule has 3 unspecified atom stereocenters. The van der Waals surface area contributed by atoms with Gasteiger partial charge in [-0.3, -0.25) is 4.79 Å². The number of aliphatic hydroxyl groups is 1. The Morgan fingerprint density at radius 2 is 1.91 bits per heavy atom. The molecule has 1 amide bonds. The Labute approximate surface area is 207 Å². The zero-order valence-electron chi connectivity index (χ0n) is 20.6. The van der Waals surface area contributed by atoms with E-state index in [4.69, 9.17) is 9.63 Å². The van der Waals surface area contributed by atoms with Crippen LogP contribution in [-0.4, -0.2) is 83.9 Å². The standard InChI is InChI=1S/C25H38N4O5S/c1-28(7-2-10-30)20-5-8-29(9-6-20)35(32,33)25-14-17-11-19(12-18(15-25)23(17)25)26-24(31)21-13-22(34-27-21)16-3-4-16/h13,16-20,23,30H,2-12,14-15H2,1H3,(H,26,31)/t17-,18+,19?,23?,25?. The molecule has 0 radical (unpaired) electrons. The van der Waals surface area contributed by atoms with E-state index < -0.39 is 14.8 Å². The lowest BCUT2D eigenvalue weighted by atomic mass is 9.42. The first kappa shape index (κ1) is 23.9. The normalized spacial score (nSPS) is 35.3. The minimum absolute atomic E-state index is 0.0843. The molecule has 1 aliphatic heterocycles. The fourth-order valence-electron chi connectivity index (χ4n) is 7.71. The number of carbonyl (C=O) groups is 1. The molecule has 5 atom stereocenters. The first-order valence-corrected chi connectivity index (χ1v) is 14.8. The molecule has 35 heavy (non-hydrogen) atoms. The van der Waals surface area contributed by atoms with E-state index in [0.29, 0.717) is 42.6 Å². The van der Waals surface area contributed by atoms with Crippen LogP contribution in [0.3, 0.4) is 0 Å². The third-order valence-corrected chi connectivity index (χ3v) is 12.3. The Balaban J connectivity index is 1.03. The van der Waals surface area contributed by atoms with Crippen LogP contribution < -0.4 is 5.32 Å². The SMILES string of the molecule is CN(CCCO)C1CCN(S(=O)(=O)C23C[C@H]4CC(NC(=O)c5cc(C6CC6)on5)C[C@@H](C2)C43)CC1. The number of aliphatic hydroxyl groups excluding tert-OH is 1. The van der Waals surface area contributed by atoms with Crippen molar-refractivity contribution >= 4 is 15.9 Å². The Hall–Kier alpha value is -1.49. The van der Waals surface area contributed by atoms with Gasteiger partial charge < -0.3 is 19.8 Å². The zero-order valence-corrected chi connectivity index (χ0v) is 21.4. The molecule has 194 valence electrons. The van der Waals surface area contributed by atoms with E-state index in [1.54, 1.807) is 10.4 Å². The van der Waals surface area contributed by atoms with E-state index in [2.05, 4.69) is 22.4 Å². The van der Waals surface area contributed by atoms with Crippen LogP contribution in [0.1, 0.15) is 80.0 Å². The Morgan fingerprint density at radius 3 is 2.54 bits per heavy atom. The number of piperidine rings is 1. The summed E-state index contributed by atoms with van der Waals surface area (Å²) >= 11 is 0. The second-order valence-electron chi connectivity index (χ2n) is 11.7. The maximum atomic E-state index is 13.7. The quantitative estimate of drug-likeness (QED) is 0.526. The lowest BCUT2D eigenvalue weighted by Crippen LogP contribution is -2.75. The van der Waals surface area contributed by atoms with Crippen LogP contribution in [0.5, 0.6) is 0 Å². The molecule has 4 aliphatic carbocycles. The number of hydrogen-bond donors (Lipinski definition) is 2. The van der Waals surface area contributed by atoms with Gasteiger partial charge in [0.15, 0.2) is 5.69 Å². The molecule has 5 aliphatic rings. The van der Waals surface area contributed by atoms with E-state index in [1.165, 1.54) is 0 Å². The lowest BCUT2D eigenvalue weighted by Gasteiger charge is -2.70. The summed E-state index contributed by atoms with van der Waals surface area (Å²) in [6, 6.07) is 2.25. The first-order valence-electron chi connectivity index (χ1n) is 13.4. The predicted octanol–water partition coefficient (Wildman–Crippen LogP) is 1.95. The van der Waals surface area contributed by atoms with E-state index in [-0.39, 0.29) is 24.5 Å². The van der Waals surface area contributed by atoms with E-state index in [0.717, 1.165) is 70.1 Å². The van der Waals surface area contributed by atoms with Gasteiger partial charge in [0.2, 0.25) is 10.0 Å². The van der Waals surface area contributed by atoms with Crippen molar-refractivity contribution in [2.45, 2.75) is 80.5 Å². The molecule has 1 saturated heterocycles. The summed E-state index contributed by atoms with van der Waals surface area (Å²) in [7, 11) is -1.24. The summed E-state index contributed by atoms with van der Waals surface area (Å²) in [6.07, 6.45) is 7.85. The fraction of sp³-hybridized carbons (Fsp3) is 0.840. The second-order valence-corrected chi connectivity index (χ2v) is 14.0. The number of carbonyl (C=O) groups excluding carboxylic acids is 1. The summed E-state index contributed by atoms with van der Waals surface area (Å²) in [5, 5.41) is 16.2. The molecule has 1 aromatic rings. The van der Waals surface area contributed by atoms with Crippen molar-refractivity contribution in [1.29, 1.82) is 0 Å². The fourth-order valence-corrected chi connectivity index (χ4v) is 10.5. The van der Waals surface area contributed by atoms with Crippen molar-refractivity contribution in [3.05, 3.63) is 17.5 Å². The van der Waals surface area contributed by atoms with Crippen molar-refractivity contribution in [2.24, 2.45) is 17.8 Å². The predicted molar refractivity (Wildman–Crippen MR) is 129 cm³/mol. The molecule has 2 heterocycles. The van der Waals surface area contributed by atoms with E-state index >= 15 is 0 Å². The number of nitrogens with one attached hydrogen (secondary N) is 1. The molecule has 1 aromatic heterocycles. The molecule has 10 heteroatoms. The van der Waals surface area contributed by atoms with Crippen LogP contribution in [0.4, 0.5) is 0 Å². The summed E-state index contributed by atoms with van der Waals surface area (Å²) in [6.45, 7) is 2.23. The van der Waals surface area contributed by atoms with Gasteiger partial charge in [-0.05, 0) is 82.6 Å². The number of sulfonamides is 1. The summed E-state index contributed by atoms with van der Waals surface area (Å²) < 4.78 is 34.0. The van der Waals surface area contributed by atoms with Gasteiger partial charge in [-0.2, -0.15) is 0 Å². The molecule has 5 fully saturated rings. The molecule has 6 rings (SSSR count). The van der Waals surface area contributed by atoms with Gasteiger partial charge in [0, 0.05) is 50.3 Å². The smallest absolute Gasteiger partial charge is 0.273 e. The van der Waals surface area contributed by atoms with Gasteiger partial charge in [-0.1, -0.05) is 5.16 Å². The van der Waals surface area contributed by atoms with Crippen molar-refractivity contribution in [2.75, 3.05) is 33.3 Å². The van der Waals surface area contributed by atoms with Crippen LogP contribution >= 0.6 is 0 Å². The summed E-state index contributed by atoms with van der Waals surface area (Å²) in [5.41, 5.74) is 0.360. The number of aromatic nitrogens is 1. The Morgan fingerprint density at radius 1 is 1.23 bits per heavy atom. The topological polar surface area (TPSA) is 116 Å². The molecular weight excluding hydrogens is 468 g/mol. The van der Waals surface area contributed by atoms with Crippen LogP contribution in [-0.2, 0) is 10.0 Å². The maximum absolute atomic E-state index is 13.7. The number of nitrogens with zero attached hydrogens (tertiary/aromatic N) is 3. The van der Waals surface area contributed by atoms with Gasteiger partial charge in [0.1, 0.15) is 5.76 Å². The zero-order chi connectivity index (χ0) is 24.4. The van der Waals surface area contributed by atoms with Gasteiger partial charge in [0.25, 0.3) is 5.91 Å². The average molecular weight is 507 g/mol. The molecule has 0 aromatic carbocycles. The van der Waals surface area contributed by atoms with Crippen LogP contribution in [0.2, 0.25) is 0 Å². The minimum atomic E-state index is -3.31. The number of amides is 1. The Bertz CT molecular complexity index is 1050. The van der Waals surface area contributed by atoms with E-state index in [9.17, 15) is 13.2 Å². The molecule has 9 nitrogen and oxygen atoms in total. The van der Waals surface area contributed by atoms with Gasteiger partial charge in [0.05, 0.1) is 4.75 Å². The maximum Gasteiger partial charge on any atom is 0.273 e. The molecule has 0 spiro atoms. The average Bonchev–Trinajstić information content (AvgIpc) is 3.55. The van der Waals surface area contributed by atoms with Crippen molar-refractivity contribution in [3.63, 3.8) is 0 Å². The van der Waals surface area contributed by atoms with Gasteiger partial charge in [-0.25, -0.2) is 12.7 Å². The molecular formula is C25H38N4O5S. The van der Waals surface area contributed by atoms with Crippen molar-refractivity contribution < 1.29 is 22.8 Å². The summed E-state index contributed by atoms with van der Waals surface area (Å²) in [4.78, 5) is 15.0. The van der Waals surface area contributed by atoms with Gasteiger partial charge in [-0.15, -0.1) is 0 Å². The highest BCUT2D eigenvalue weighted by molar-refractivity contribution is 7.90. The molecule has 4 saturated carbocycles. The monoisotopic (exact) mass is 506 g/mol. The highest BCUT2D eigenvalue weighted by Crippen LogP contribution is 2.69. The largest absolute Gasteiger partial charge is 0.396 e. The highest BCUT2D eigenvalue weighted by atomic mass is 32.2. The third kappa shape index (κ3) is 3.95.